The van der Waals surface area contributed by atoms with E-state index in [1.807, 2.05) is 0 Å². The Hall–Kier alpha value is -1.71. The zero-order valence-electron chi connectivity index (χ0n) is 14.7. The van der Waals surface area contributed by atoms with Crippen molar-refractivity contribution < 1.29 is 22.7 Å². The van der Waals surface area contributed by atoms with E-state index in [0.717, 1.165) is 19.3 Å². The van der Waals surface area contributed by atoms with Crippen LogP contribution in [0.3, 0.4) is 0 Å². The van der Waals surface area contributed by atoms with Gasteiger partial charge in [0.15, 0.2) is 0 Å². The minimum Gasteiger partial charge on any atom is -0.465 e. The summed E-state index contributed by atoms with van der Waals surface area (Å²) in [6.07, 6.45) is 4.34. The number of anilines is 1. The van der Waals surface area contributed by atoms with Crippen molar-refractivity contribution in [1.82, 2.24) is 9.29 Å². The predicted molar refractivity (Wildman–Crippen MR) is 93.2 cm³/mol. The molecule has 0 amide bonds. The molecule has 8 nitrogen and oxygen atoms in total. The molecule has 0 unspecified atom stereocenters. The lowest BCUT2D eigenvalue weighted by molar-refractivity contribution is 0.0600. The first-order chi connectivity index (χ1) is 12.0. The van der Waals surface area contributed by atoms with Crippen LogP contribution in [0.4, 0.5) is 5.82 Å². The number of nitrogens with one attached hydrogen (secondary N) is 1. The van der Waals surface area contributed by atoms with Crippen LogP contribution in [0.2, 0.25) is 0 Å². The van der Waals surface area contributed by atoms with Gasteiger partial charge in [0.25, 0.3) is 0 Å². The second-order valence-electron chi connectivity index (χ2n) is 5.71. The van der Waals surface area contributed by atoms with Gasteiger partial charge in [0.1, 0.15) is 10.7 Å². The number of sulfonamides is 1. The minimum absolute atomic E-state index is 0.00574. The van der Waals surface area contributed by atoms with Crippen LogP contribution in [-0.2, 0) is 19.5 Å². The Balaban J connectivity index is 2.34. The molecule has 0 spiro atoms. The Morgan fingerprint density at radius 2 is 2.08 bits per heavy atom. The molecule has 0 aromatic carbocycles. The van der Waals surface area contributed by atoms with E-state index < -0.39 is 16.0 Å². The summed E-state index contributed by atoms with van der Waals surface area (Å²) in [6, 6.07) is 1.33. The van der Waals surface area contributed by atoms with Gasteiger partial charge in [-0.05, 0) is 12.5 Å². The largest absolute Gasteiger partial charge is 0.465 e. The van der Waals surface area contributed by atoms with Crippen molar-refractivity contribution in [3.63, 3.8) is 0 Å². The molecule has 2 rings (SSSR count). The smallest absolute Gasteiger partial charge is 0.339 e. The van der Waals surface area contributed by atoms with E-state index in [1.54, 1.807) is 0 Å². The molecule has 1 saturated heterocycles. The molecular formula is C16H25N3O5S. The minimum atomic E-state index is -3.78. The maximum absolute atomic E-state index is 13.0. The van der Waals surface area contributed by atoms with E-state index in [2.05, 4.69) is 22.0 Å². The molecule has 0 radical (unpaired) electrons. The molecule has 0 aliphatic carbocycles. The molecule has 1 fully saturated rings. The molecule has 1 aromatic heterocycles. The van der Waals surface area contributed by atoms with Crippen molar-refractivity contribution in [2.24, 2.45) is 0 Å². The monoisotopic (exact) mass is 371 g/mol. The van der Waals surface area contributed by atoms with Crippen molar-refractivity contribution in [1.29, 1.82) is 0 Å². The van der Waals surface area contributed by atoms with Crippen molar-refractivity contribution in [2.75, 3.05) is 45.3 Å². The second kappa shape index (κ2) is 9.12. The maximum Gasteiger partial charge on any atom is 0.339 e. The Bertz CT molecular complexity index is 687. The van der Waals surface area contributed by atoms with E-state index in [0.29, 0.717) is 19.8 Å². The lowest BCUT2D eigenvalue weighted by Crippen LogP contribution is -2.41. The van der Waals surface area contributed by atoms with Gasteiger partial charge in [-0.1, -0.05) is 19.8 Å². The molecule has 1 aliphatic heterocycles. The highest BCUT2D eigenvalue weighted by molar-refractivity contribution is 7.89. The number of ether oxygens (including phenoxy) is 2. The van der Waals surface area contributed by atoms with Gasteiger partial charge in [-0.25, -0.2) is 18.2 Å². The summed E-state index contributed by atoms with van der Waals surface area (Å²) in [6.45, 7) is 3.97. The number of nitrogens with zero attached hydrogens (tertiary/aromatic N) is 2. The molecular weight excluding hydrogens is 346 g/mol. The summed E-state index contributed by atoms with van der Waals surface area (Å²) in [4.78, 5) is 15.9. The van der Waals surface area contributed by atoms with Crippen LogP contribution in [0, 0.1) is 0 Å². The van der Waals surface area contributed by atoms with Crippen molar-refractivity contribution in [3.05, 3.63) is 17.8 Å². The molecule has 1 aromatic rings. The highest BCUT2D eigenvalue weighted by atomic mass is 32.2. The first-order valence-electron chi connectivity index (χ1n) is 8.40. The summed E-state index contributed by atoms with van der Waals surface area (Å²) < 4.78 is 37.2. The average molecular weight is 371 g/mol. The number of methoxy groups -OCH3 is 1. The van der Waals surface area contributed by atoms with Crippen molar-refractivity contribution in [2.45, 2.75) is 31.1 Å². The van der Waals surface area contributed by atoms with Gasteiger partial charge in [0.05, 0.1) is 25.9 Å². The fourth-order valence-corrected chi connectivity index (χ4v) is 4.06. The highest BCUT2D eigenvalue weighted by Gasteiger charge is 2.30. The van der Waals surface area contributed by atoms with Crippen LogP contribution in [0.25, 0.3) is 0 Å². The third-order valence-corrected chi connectivity index (χ3v) is 5.85. The molecule has 2 heterocycles. The maximum atomic E-state index is 13.0. The number of carbonyl (C=O) groups excluding carboxylic acids is 1. The van der Waals surface area contributed by atoms with Gasteiger partial charge in [-0.2, -0.15) is 4.31 Å². The number of aromatic nitrogens is 1. The van der Waals surface area contributed by atoms with Crippen molar-refractivity contribution in [3.8, 4) is 0 Å². The zero-order valence-corrected chi connectivity index (χ0v) is 15.5. The molecule has 0 atom stereocenters. The number of unbranched alkanes of at least 4 members (excludes halogenated alkanes) is 2. The second-order valence-corrected chi connectivity index (χ2v) is 7.62. The Kier molecular flexibility index (Phi) is 7.15. The SMILES string of the molecule is CCCCCNc1ncc(C(=O)OC)cc1S(=O)(=O)N1CCOCC1. The normalized spacial score (nSPS) is 15.8. The lowest BCUT2D eigenvalue weighted by Gasteiger charge is -2.27. The predicted octanol–water partition coefficient (Wildman–Crippen LogP) is 1.49. The van der Waals surface area contributed by atoms with Gasteiger partial charge < -0.3 is 14.8 Å². The number of hydrogen-bond donors (Lipinski definition) is 1. The Morgan fingerprint density at radius 3 is 2.72 bits per heavy atom. The highest BCUT2D eigenvalue weighted by Crippen LogP contribution is 2.25. The zero-order chi connectivity index (χ0) is 18.3. The number of rotatable bonds is 8. The van der Waals surface area contributed by atoms with Gasteiger partial charge in [-0.15, -0.1) is 0 Å². The van der Waals surface area contributed by atoms with E-state index >= 15 is 0 Å². The Labute approximate surface area is 148 Å². The number of esters is 1. The number of pyridine rings is 1. The van der Waals surface area contributed by atoms with Crippen molar-refractivity contribution >= 4 is 21.8 Å². The van der Waals surface area contributed by atoms with Gasteiger partial charge in [0, 0.05) is 25.8 Å². The summed E-state index contributed by atoms with van der Waals surface area (Å²) in [7, 11) is -2.53. The molecule has 1 N–H and O–H groups in total. The van der Waals surface area contributed by atoms with Crippen LogP contribution in [0.5, 0.6) is 0 Å². The van der Waals surface area contributed by atoms with Crippen LogP contribution >= 0.6 is 0 Å². The van der Waals surface area contributed by atoms with Crippen LogP contribution < -0.4 is 5.32 Å². The van der Waals surface area contributed by atoms with Gasteiger partial charge in [0.2, 0.25) is 10.0 Å². The standard InChI is InChI=1S/C16H25N3O5S/c1-3-4-5-6-17-15-14(11-13(12-18-15)16(20)23-2)25(21,22)19-7-9-24-10-8-19/h11-12H,3-10H2,1-2H3,(H,17,18). The third kappa shape index (κ3) is 4.90. The third-order valence-electron chi connectivity index (χ3n) is 3.93. The van der Waals surface area contributed by atoms with Crippen LogP contribution in [0.1, 0.15) is 36.5 Å². The summed E-state index contributed by atoms with van der Waals surface area (Å²) in [5.41, 5.74) is 0.105. The molecule has 1 aliphatic rings. The Morgan fingerprint density at radius 1 is 1.36 bits per heavy atom. The number of carbonyl (C=O) groups is 1. The topological polar surface area (TPSA) is 97.8 Å². The van der Waals surface area contributed by atoms with E-state index in [4.69, 9.17) is 4.74 Å². The first kappa shape index (κ1) is 19.6. The molecule has 9 heteroatoms. The van der Waals surface area contributed by atoms with Gasteiger partial charge >= 0.3 is 5.97 Å². The summed E-state index contributed by atoms with van der Waals surface area (Å²) in [5.74, 6) is -0.362. The molecule has 0 saturated carbocycles. The fraction of sp³-hybridized carbons (Fsp3) is 0.625. The van der Waals surface area contributed by atoms with Gasteiger partial charge in [-0.3, -0.25) is 0 Å². The first-order valence-corrected chi connectivity index (χ1v) is 9.84. The molecule has 0 bridgehead atoms. The van der Waals surface area contributed by atoms with Crippen LogP contribution in [-0.4, -0.2) is 63.6 Å². The van der Waals surface area contributed by atoms with E-state index in [1.165, 1.54) is 23.7 Å². The number of hydrogen-bond acceptors (Lipinski definition) is 7. The fourth-order valence-electron chi connectivity index (χ4n) is 2.51. The summed E-state index contributed by atoms with van der Waals surface area (Å²) >= 11 is 0. The average Bonchev–Trinajstić information content (AvgIpc) is 2.65. The van der Waals surface area contributed by atoms with E-state index in [9.17, 15) is 13.2 Å². The van der Waals surface area contributed by atoms with Crippen LogP contribution in [0.15, 0.2) is 17.2 Å². The quantitative estimate of drug-likeness (QED) is 0.546. The van der Waals surface area contributed by atoms with E-state index in [-0.39, 0.29) is 29.4 Å². The number of morpholine rings is 1. The molecule has 25 heavy (non-hydrogen) atoms. The lowest BCUT2D eigenvalue weighted by atomic mass is 10.2. The molecule has 140 valence electrons. The summed E-state index contributed by atoms with van der Waals surface area (Å²) in [5, 5.41) is 3.08.